The molecule has 0 amide bonds. The summed E-state index contributed by atoms with van der Waals surface area (Å²) in [5, 5.41) is 0. The molecular formula is C13H14ClIN2. The Balaban J connectivity index is 2.24. The van der Waals surface area contributed by atoms with Gasteiger partial charge in [-0.25, -0.2) is 4.98 Å². The van der Waals surface area contributed by atoms with Gasteiger partial charge >= 0.3 is 0 Å². The first-order valence-electron chi connectivity index (χ1n) is 5.87. The fourth-order valence-electron chi connectivity index (χ4n) is 2.36. The number of hydrogen-bond donors (Lipinski definition) is 0. The number of fused-ring (bicyclic) bond motifs is 1. The molecule has 0 atom stereocenters. The lowest BCUT2D eigenvalue weighted by molar-refractivity contribution is 0.525. The van der Waals surface area contributed by atoms with Crippen molar-refractivity contribution in [1.29, 1.82) is 0 Å². The van der Waals surface area contributed by atoms with Gasteiger partial charge in [0.1, 0.15) is 5.82 Å². The summed E-state index contributed by atoms with van der Waals surface area (Å²) in [5.41, 5.74) is 2.64. The standard InChI is InChI=1S/C13H14ClIN2/c1-13(5-6-13)17-11-3-2-9(15)8-10(11)16-12(17)4-7-14/h2-3,8H,4-7H2,1H3. The zero-order valence-electron chi connectivity index (χ0n) is 9.71. The molecule has 0 radical (unpaired) electrons. The summed E-state index contributed by atoms with van der Waals surface area (Å²) in [5.74, 6) is 1.77. The summed E-state index contributed by atoms with van der Waals surface area (Å²) < 4.78 is 3.64. The number of benzene rings is 1. The van der Waals surface area contributed by atoms with Crippen molar-refractivity contribution in [3.63, 3.8) is 0 Å². The molecule has 0 spiro atoms. The van der Waals surface area contributed by atoms with Crippen LogP contribution in [0.25, 0.3) is 11.0 Å². The molecule has 1 aromatic carbocycles. The quantitative estimate of drug-likeness (QED) is 0.599. The minimum Gasteiger partial charge on any atom is -0.322 e. The minimum atomic E-state index is 0.281. The zero-order valence-corrected chi connectivity index (χ0v) is 12.6. The molecule has 0 saturated heterocycles. The molecule has 3 rings (SSSR count). The summed E-state index contributed by atoms with van der Waals surface area (Å²) >= 11 is 8.21. The van der Waals surface area contributed by atoms with Crippen LogP contribution in [-0.2, 0) is 12.0 Å². The molecule has 0 bridgehead atoms. The number of halogens is 2. The summed E-state index contributed by atoms with van der Waals surface area (Å²) in [7, 11) is 0. The molecule has 0 unspecified atom stereocenters. The van der Waals surface area contributed by atoms with Gasteiger partial charge in [-0.15, -0.1) is 11.6 Å². The van der Waals surface area contributed by atoms with Crippen molar-refractivity contribution in [3.05, 3.63) is 27.6 Å². The van der Waals surface area contributed by atoms with Crippen molar-refractivity contribution in [1.82, 2.24) is 9.55 Å². The summed E-state index contributed by atoms with van der Waals surface area (Å²) in [6.45, 7) is 2.31. The van der Waals surface area contributed by atoms with Crippen LogP contribution in [0.2, 0.25) is 0 Å². The summed E-state index contributed by atoms with van der Waals surface area (Å²) in [4.78, 5) is 4.74. The maximum Gasteiger partial charge on any atom is 0.111 e. The molecule has 17 heavy (non-hydrogen) atoms. The Labute approximate surface area is 120 Å². The largest absolute Gasteiger partial charge is 0.322 e. The Morgan fingerprint density at radius 3 is 2.88 bits per heavy atom. The molecule has 4 heteroatoms. The van der Waals surface area contributed by atoms with Crippen LogP contribution in [0.4, 0.5) is 0 Å². The van der Waals surface area contributed by atoms with E-state index in [1.165, 1.54) is 21.9 Å². The van der Waals surface area contributed by atoms with Crippen LogP contribution in [0.1, 0.15) is 25.6 Å². The van der Waals surface area contributed by atoms with Gasteiger partial charge in [0.15, 0.2) is 0 Å². The first kappa shape index (κ1) is 11.8. The molecular weight excluding hydrogens is 347 g/mol. The zero-order chi connectivity index (χ0) is 12.0. The number of imidazole rings is 1. The Morgan fingerprint density at radius 1 is 1.47 bits per heavy atom. The molecule has 1 aliphatic rings. The Kier molecular flexibility index (Phi) is 2.86. The van der Waals surface area contributed by atoms with E-state index in [1.54, 1.807) is 0 Å². The average Bonchev–Trinajstić information content (AvgIpc) is 2.90. The van der Waals surface area contributed by atoms with E-state index in [0.29, 0.717) is 5.88 Å². The first-order valence-corrected chi connectivity index (χ1v) is 7.49. The van der Waals surface area contributed by atoms with Gasteiger partial charge in [0.25, 0.3) is 0 Å². The Hall–Kier alpha value is -0.290. The van der Waals surface area contributed by atoms with Crippen LogP contribution in [0.3, 0.4) is 0 Å². The van der Waals surface area contributed by atoms with Gasteiger partial charge < -0.3 is 4.57 Å². The average molecular weight is 361 g/mol. The number of rotatable bonds is 3. The third-order valence-corrected chi connectivity index (χ3v) is 4.38. The van der Waals surface area contributed by atoms with Gasteiger partial charge in [0.05, 0.1) is 11.0 Å². The highest BCUT2D eigenvalue weighted by Crippen LogP contribution is 2.45. The van der Waals surface area contributed by atoms with Crippen LogP contribution in [0.5, 0.6) is 0 Å². The lowest BCUT2D eigenvalue weighted by Gasteiger charge is -2.15. The van der Waals surface area contributed by atoms with Crippen LogP contribution >= 0.6 is 34.2 Å². The van der Waals surface area contributed by atoms with Gasteiger partial charge in [-0.05, 0) is 60.6 Å². The molecule has 90 valence electrons. The number of alkyl halides is 1. The highest BCUT2D eigenvalue weighted by molar-refractivity contribution is 14.1. The van der Waals surface area contributed by atoms with Crippen molar-refractivity contribution < 1.29 is 0 Å². The van der Waals surface area contributed by atoms with Crippen LogP contribution in [0.15, 0.2) is 18.2 Å². The van der Waals surface area contributed by atoms with E-state index in [2.05, 4.69) is 52.3 Å². The lowest BCUT2D eigenvalue weighted by Crippen LogP contribution is -2.16. The summed E-state index contributed by atoms with van der Waals surface area (Å²) in [6.07, 6.45) is 3.35. The second-order valence-corrected chi connectivity index (χ2v) is 6.56. The number of hydrogen-bond acceptors (Lipinski definition) is 1. The van der Waals surface area contributed by atoms with E-state index in [9.17, 15) is 0 Å². The van der Waals surface area contributed by atoms with E-state index in [0.717, 1.165) is 17.8 Å². The van der Waals surface area contributed by atoms with E-state index in [1.807, 2.05) is 0 Å². The molecule has 2 aromatic rings. The predicted molar refractivity (Wildman–Crippen MR) is 79.8 cm³/mol. The van der Waals surface area contributed by atoms with Crippen molar-refractivity contribution in [3.8, 4) is 0 Å². The molecule has 0 N–H and O–H groups in total. The highest BCUT2D eigenvalue weighted by Gasteiger charge is 2.41. The number of aromatic nitrogens is 2. The molecule has 1 aromatic heterocycles. The van der Waals surface area contributed by atoms with Crippen molar-refractivity contribution in [2.45, 2.75) is 31.7 Å². The second kappa shape index (κ2) is 4.12. The first-order chi connectivity index (χ1) is 8.14. The van der Waals surface area contributed by atoms with E-state index in [4.69, 9.17) is 16.6 Å². The smallest absolute Gasteiger partial charge is 0.111 e. The van der Waals surface area contributed by atoms with Crippen LogP contribution in [0, 0.1) is 3.57 Å². The topological polar surface area (TPSA) is 17.8 Å². The van der Waals surface area contributed by atoms with Gasteiger partial charge in [-0.3, -0.25) is 0 Å². The van der Waals surface area contributed by atoms with E-state index in [-0.39, 0.29) is 5.54 Å². The predicted octanol–water partition coefficient (Wildman–Crippen LogP) is 3.93. The third-order valence-electron chi connectivity index (χ3n) is 3.52. The molecule has 0 aliphatic heterocycles. The van der Waals surface area contributed by atoms with Crippen molar-refractivity contribution >= 4 is 45.2 Å². The van der Waals surface area contributed by atoms with Crippen LogP contribution in [-0.4, -0.2) is 15.4 Å². The fraction of sp³-hybridized carbons (Fsp3) is 0.462. The number of nitrogens with zero attached hydrogens (tertiary/aromatic N) is 2. The van der Waals surface area contributed by atoms with Crippen LogP contribution < -0.4 is 0 Å². The fourth-order valence-corrected chi connectivity index (χ4v) is 3.01. The summed E-state index contributed by atoms with van der Waals surface area (Å²) in [6, 6.07) is 6.48. The minimum absolute atomic E-state index is 0.281. The maximum absolute atomic E-state index is 5.88. The van der Waals surface area contributed by atoms with E-state index >= 15 is 0 Å². The number of aryl methyl sites for hydroxylation is 1. The van der Waals surface area contributed by atoms with Gasteiger partial charge in [-0.2, -0.15) is 0 Å². The lowest BCUT2D eigenvalue weighted by atomic mass is 10.2. The molecule has 1 heterocycles. The normalized spacial score (nSPS) is 17.6. The van der Waals surface area contributed by atoms with Crippen molar-refractivity contribution in [2.24, 2.45) is 0 Å². The third kappa shape index (κ3) is 1.97. The molecule has 1 fully saturated rings. The maximum atomic E-state index is 5.88. The molecule has 1 saturated carbocycles. The van der Waals surface area contributed by atoms with Gasteiger partial charge in [0.2, 0.25) is 0 Å². The van der Waals surface area contributed by atoms with Gasteiger partial charge in [0, 0.05) is 21.4 Å². The molecule has 1 aliphatic carbocycles. The molecule has 2 nitrogen and oxygen atoms in total. The van der Waals surface area contributed by atoms with E-state index < -0.39 is 0 Å². The van der Waals surface area contributed by atoms with Gasteiger partial charge in [-0.1, -0.05) is 0 Å². The SMILES string of the molecule is CC1(n2c(CCCl)nc3cc(I)ccc32)CC1. The Bertz CT molecular complexity index is 572. The second-order valence-electron chi connectivity index (χ2n) is 4.93. The highest BCUT2D eigenvalue weighted by atomic mass is 127. The monoisotopic (exact) mass is 360 g/mol. The van der Waals surface area contributed by atoms with Crippen molar-refractivity contribution in [2.75, 3.05) is 5.88 Å². The Morgan fingerprint density at radius 2 is 2.24 bits per heavy atom.